The van der Waals surface area contributed by atoms with Gasteiger partial charge in [0.2, 0.25) is 0 Å². The third-order valence-electron chi connectivity index (χ3n) is 5.18. The predicted octanol–water partition coefficient (Wildman–Crippen LogP) is 3.87. The Morgan fingerprint density at radius 1 is 0.931 bits per heavy atom. The van der Waals surface area contributed by atoms with E-state index >= 15 is 0 Å². The summed E-state index contributed by atoms with van der Waals surface area (Å²) in [5, 5.41) is 0.127. The van der Waals surface area contributed by atoms with Crippen molar-refractivity contribution in [2.75, 3.05) is 0 Å². The Morgan fingerprint density at radius 2 is 1.66 bits per heavy atom. The van der Waals surface area contributed by atoms with Crippen LogP contribution in [0.4, 0.5) is 8.78 Å². The largest absolute Gasteiger partial charge is 0.335 e. The fourth-order valence-corrected chi connectivity index (χ4v) is 3.66. The highest BCUT2D eigenvalue weighted by molar-refractivity contribution is 5.79. The van der Waals surface area contributed by atoms with Gasteiger partial charge in [0.25, 0.3) is 5.56 Å². The Kier molecular flexibility index (Phi) is 4.62. The molecule has 0 N–H and O–H groups in total. The highest BCUT2D eigenvalue weighted by Crippen LogP contribution is 2.21. The topological polar surface area (TPSA) is 44.0 Å². The molecular weight excluding hydrogens is 374 g/mol. The van der Waals surface area contributed by atoms with Gasteiger partial charge in [-0.15, -0.1) is 0 Å². The number of aryl methyl sites for hydroxylation is 1. The Bertz CT molecular complexity index is 1370. The smallest absolute Gasteiger partial charge is 0.293 e. The molecule has 3 aromatic carbocycles. The van der Waals surface area contributed by atoms with Gasteiger partial charge in [-0.05, 0) is 60.4 Å². The first-order chi connectivity index (χ1) is 13.9. The first-order valence-electron chi connectivity index (χ1n) is 9.12. The summed E-state index contributed by atoms with van der Waals surface area (Å²) >= 11 is 0. The van der Waals surface area contributed by atoms with Gasteiger partial charge in [-0.3, -0.25) is 9.36 Å². The normalized spacial score (nSPS) is 11.2. The van der Waals surface area contributed by atoms with Gasteiger partial charge in [0, 0.05) is 7.05 Å². The number of fused-ring (bicyclic) bond motifs is 1. The highest BCUT2D eigenvalue weighted by atomic mass is 19.1. The van der Waals surface area contributed by atoms with Gasteiger partial charge in [-0.25, -0.2) is 18.1 Å². The molecule has 0 bridgehead atoms. The highest BCUT2D eigenvalue weighted by Gasteiger charge is 2.17. The van der Waals surface area contributed by atoms with Crippen molar-refractivity contribution >= 4 is 10.9 Å². The van der Waals surface area contributed by atoms with Gasteiger partial charge < -0.3 is 0 Å². The van der Waals surface area contributed by atoms with Gasteiger partial charge >= 0.3 is 5.69 Å². The van der Waals surface area contributed by atoms with Gasteiger partial charge in [-0.2, -0.15) is 0 Å². The van der Waals surface area contributed by atoms with E-state index in [9.17, 15) is 18.4 Å². The minimum absolute atomic E-state index is 0.0210. The molecule has 0 aliphatic carbocycles. The van der Waals surface area contributed by atoms with Crippen LogP contribution in [0.1, 0.15) is 16.7 Å². The van der Waals surface area contributed by atoms with Crippen LogP contribution in [0.2, 0.25) is 0 Å². The average Bonchev–Trinajstić information content (AvgIpc) is 2.69. The van der Waals surface area contributed by atoms with Crippen molar-refractivity contribution in [2.24, 2.45) is 7.05 Å². The minimum Gasteiger partial charge on any atom is -0.293 e. The monoisotopic (exact) mass is 392 g/mol. The standard InChI is InChI=1S/C23H18F2N2O2/c1-14-16(12-15-6-3-8-17(24)13-15)7-4-11-20(14)27-22(28)18-9-5-10-19(25)21(18)26(2)23(27)29/h3-11,13H,12H2,1-2H3. The average molecular weight is 392 g/mol. The lowest BCUT2D eigenvalue weighted by atomic mass is 9.99. The molecule has 1 aromatic heterocycles. The third kappa shape index (κ3) is 3.16. The second-order valence-electron chi connectivity index (χ2n) is 6.99. The summed E-state index contributed by atoms with van der Waals surface area (Å²) in [4.78, 5) is 26.0. The Balaban J connectivity index is 1.94. The van der Waals surface area contributed by atoms with Crippen LogP contribution in [0.15, 0.2) is 70.3 Å². The first kappa shape index (κ1) is 18.8. The molecule has 0 spiro atoms. The number of para-hydroxylation sites is 1. The number of hydrogen-bond donors (Lipinski definition) is 0. The van der Waals surface area contributed by atoms with Crippen molar-refractivity contribution in [3.63, 3.8) is 0 Å². The first-order valence-corrected chi connectivity index (χ1v) is 9.12. The van der Waals surface area contributed by atoms with Crippen LogP contribution in [0, 0.1) is 18.6 Å². The van der Waals surface area contributed by atoms with Crippen LogP contribution in [0.25, 0.3) is 16.6 Å². The van der Waals surface area contributed by atoms with Crippen molar-refractivity contribution in [3.8, 4) is 5.69 Å². The van der Waals surface area contributed by atoms with Crippen molar-refractivity contribution < 1.29 is 8.78 Å². The number of hydrogen-bond acceptors (Lipinski definition) is 2. The van der Waals surface area contributed by atoms with E-state index in [1.54, 1.807) is 18.2 Å². The van der Waals surface area contributed by atoms with Crippen molar-refractivity contribution in [1.29, 1.82) is 0 Å². The molecule has 0 radical (unpaired) electrons. The maximum atomic E-state index is 14.2. The number of nitrogens with zero attached hydrogens (tertiary/aromatic N) is 2. The summed E-state index contributed by atoms with van der Waals surface area (Å²) in [5.74, 6) is -0.944. The summed E-state index contributed by atoms with van der Waals surface area (Å²) in [7, 11) is 1.44. The maximum Gasteiger partial charge on any atom is 0.335 e. The van der Waals surface area contributed by atoms with Crippen molar-refractivity contribution in [3.05, 3.63) is 110 Å². The molecule has 0 amide bonds. The Labute approximate surface area is 165 Å². The SMILES string of the molecule is Cc1c(Cc2cccc(F)c2)cccc1-n1c(=O)c2cccc(F)c2n(C)c1=O. The zero-order valence-corrected chi connectivity index (χ0v) is 15.9. The van der Waals surface area contributed by atoms with E-state index in [0.717, 1.165) is 25.8 Å². The second kappa shape index (κ2) is 7.13. The van der Waals surface area contributed by atoms with Crippen LogP contribution in [0.5, 0.6) is 0 Å². The van der Waals surface area contributed by atoms with E-state index in [1.807, 2.05) is 19.1 Å². The number of aromatic nitrogens is 2. The van der Waals surface area contributed by atoms with E-state index in [-0.39, 0.29) is 16.7 Å². The molecule has 0 aliphatic rings. The number of rotatable bonds is 3. The maximum absolute atomic E-state index is 14.2. The molecule has 29 heavy (non-hydrogen) atoms. The number of benzene rings is 3. The quantitative estimate of drug-likeness (QED) is 0.531. The van der Waals surface area contributed by atoms with Gasteiger partial charge in [0.05, 0.1) is 16.6 Å². The molecular formula is C23H18F2N2O2. The molecule has 0 fully saturated rings. The van der Waals surface area contributed by atoms with E-state index in [0.29, 0.717) is 12.1 Å². The molecule has 6 heteroatoms. The molecule has 0 saturated heterocycles. The predicted molar refractivity (Wildman–Crippen MR) is 109 cm³/mol. The number of halogens is 2. The van der Waals surface area contributed by atoms with Gasteiger partial charge in [-0.1, -0.05) is 30.3 Å². The van der Waals surface area contributed by atoms with E-state index < -0.39 is 17.1 Å². The lowest BCUT2D eigenvalue weighted by molar-refractivity contribution is 0.624. The molecule has 1 heterocycles. The van der Waals surface area contributed by atoms with E-state index in [2.05, 4.69) is 0 Å². The zero-order chi connectivity index (χ0) is 20.7. The summed E-state index contributed by atoms with van der Waals surface area (Å²) in [6.45, 7) is 1.81. The summed E-state index contributed by atoms with van der Waals surface area (Å²) < 4.78 is 30.0. The van der Waals surface area contributed by atoms with Crippen LogP contribution < -0.4 is 11.2 Å². The van der Waals surface area contributed by atoms with Crippen molar-refractivity contribution in [1.82, 2.24) is 9.13 Å². The minimum atomic E-state index is -0.626. The second-order valence-corrected chi connectivity index (χ2v) is 6.99. The molecule has 146 valence electrons. The van der Waals surface area contributed by atoms with Gasteiger partial charge in [0.15, 0.2) is 0 Å². The van der Waals surface area contributed by atoms with Crippen LogP contribution in [-0.2, 0) is 13.5 Å². The Morgan fingerprint density at radius 3 is 2.41 bits per heavy atom. The fourth-order valence-electron chi connectivity index (χ4n) is 3.66. The summed E-state index contributed by atoms with van der Waals surface area (Å²) in [6, 6.07) is 15.8. The molecule has 0 atom stereocenters. The van der Waals surface area contributed by atoms with Crippen LogP contribution in [0.3, 0.4) is 0 Å². The van der Waals surface area contributed by atoms with E-state index in [4.69, 9.17) is 0 Å². The lowest BCUT2D eigenvalue weighted by Gasteiger charge is -2.15. The van der Waals surface area contributed by atoms with E-state index in [1.165, 1.54) is 37.4 Å². The van der Waals surface area contributed by atoms with Gasteiger partial charge in [0.1, 0.15) is 11.6 Å². The molecule has 4 aromatic rings. The van der Waals surface area contributed by atoms with Crippen LogP contribution >= 0.6 is 0 Å². The molecule has 4 nitrogen and oxygen atoms in total. The zero-order valence-electron chi connectivity index (χ0n) is 15.9. The summed E-state index contributed by atoms with van der Waals surface area (Å²) in [6.07, 6.45) is 0.453. The molecule has 0 unspecified atom stereocenters. The van der Waals surface area contributed by atoms with Crippen molar-refractivity contribution in [2.45, 2.75) is 13.3 Å². The molecule has 0 aliphatic heterocycles. The van der Waals surface area contributed by atoms with Crippen LogP contribution in [-0.4, -0.2) is 9.13 Å². The third-order valence-corrected chi connectivity index (χ3v) is 5.18. The fraction of sp³-hybridized carbons (Fsp3) is 0.130. The molecule has 0 saturated carbocycles. The summed E-state index contributed by atoms with van der Waals surface area (Å²) in [5.41, 5.74) is 1.58. The lowest BCUT2D eigenvalue weighted by Crippen LogP contribution is -2.38. The Hall–Kier alpha value is -3.54. The molecule has 4 rings (SSSR count).